The lowest BCUT2D eigenvalue weighted by Gasteiger charge is -2.13. The molecule has 18 heavy (non-hydrogen) atoms. The summed E-state index contributed by atoms with van der Waals surface area (Å²) in [6, 6.07) is 7.81. The van der Waals surface area contributed by atoms with Gasteiger partial charge in [0, 0.05) is 0 Å². The average Bonchev–Trinajstić information content (AvgIpc) is 2.94. The summed E-state index contributed by atoms with van der Waals surface area (Å²) in [5.41, 5.74) is 0.935. The molecule has 1 amide bonds. The van der Waals surface area contributed by atoms with Gasteiger partial charge in [-0.15, -0.1) is 0 Å². The number of benzene rings is 1. The molecule has 3 rings (SSSR count). The first-order valence-corrected chi connectivity index (χ1v) is 6.95. The van der Waals surface area contributed by atoms with Gasteiger partial charge in [0.05, 0.1) is 16.3 Å². The smallest absolute Gasteiger partial charge is 0.243 e. The summed E-state index contributed by atoms with van der Waals surface area (Å²) in [5, 5.41) is 6.82. The molecule has 5 heteroatoms. The van der Waals surface area contributed by atoms with Crippen molar-refractivity contribution in [1.29, 1.82) is 0 Å². The Balaban J connectivity index is 1.77. The summed E-state index contributed by atoms with van der Waals surface area (Å²) in [6.07, 6.45) is 1.05. The van der Waals surface area contributed by atoms with Crippen LogP contribution in [0.1, 0.15) is 13.3 Å². The third kappa shape index (κ3) is 2.11. The molecular formula is C13H15N3OS. The minimum atomic E-state index is -0.0861. The molecule has 1 saturated heterocycles. The number of aromatic nitrogens is 1. The fourth-order valence-corrected chi connectivity index (χ4v) is 3.16. The highest BCUT2D eigenvalue weighted by Gasteiger charge is 2.29. The molecule has 2 N–H and O–H groups in total. The van der Waals surface area contributed by atoms with E-state index in [4.69, 9.17) is 0 Å². The standard InChI is InChI=1S/C13H15N3OS/c1-8-6-7-14-11(8)12(17)16-13-15-9-4-2-3-5-10(9)18-13/h2-5,8,11,14H,6-7H2,1H3,(H,15,16,17). The molecule has 1 fully saturated rings. The van der Waals surface area contributed by atoms with Crippen LogP contribution in [0.3, 0.4) is 0 Å². The number of para-hydroxylation sites is 1. The molecule has 4 nitrogen and oxygen atoms in total. The van der Waals surface area contributed by atoms with Crippen LogP contribution in [0.4, 0.5) is 5.13 Å². The molecule has 2 heterocycles. The number of rotatable bonds is 2. The number of carbonyl (C=O) groups is 1. The summed E-state index contributed by atoms with van der Waals surface area (Å²) in [4.78, 5) is 16.5. The minimum absolute atomic E-state index is 0.0269. The Labute approximate surface area is 109 Å². The van der Waals surface area contributed by atoms with E-state index in [1.165, 1.54) is 11.3 Å². The van der Waals surface area contributed by atoms with E-state index in [0.717, 1.165) is 23.2 Å². The molecule has 0 aliphatic carbocycles. The van der Waals surface area contributed by atoms with Crippen molar-refractivity contribution in [3.63, 3.8) is 0 Å². The quantitative estimate of drug-likeness (QED) is 0.871. The second-order valence-corrected chi connectivity index (χ2v) is 5.70. The highest BCUT2D eigenvalue weighted by molar-refractivity contribution is 7.22. The van der Waals surface area contributed by atoms with Gasteiger partial charge in [-0.3, -0.25) is 4.79 Å². The molecule has 1 aliphatic heterocycles. The molecule has 2 atom stereocenters. The van der Waals surface area contributed by atoms with E-state index in [0.29, 0.717) is 11.0 Å². The molecule has 1 aromatic carbocycles. The number of carbonyl (C=O) groups excluding carboxylic acids is 1. The third-order valence-electron chi connectivity index (χ3n) is 3.34. The summed E-state index contributed by atoms with van der Waals surface area (Å²) < 4.78 is 1.10. The second-order valence-electron chi connectivity index (χ2n) is 4.67. The third-order valence-corrected chi connectivity index (χ3v) is 4.29. The Morgan fingerprint density at radius 1 is 1.50 bits per heavy atom. The number of thiazole rings is 1. The maximum atomic E-state index is 12.1. The van der Waals surface area contributed by atoms with E-state index < -0.39 is 0 Å². The van der Waals surface area contributed by atoms with Crippen molar-refractivity contribution in [2.45, 2.75) is 19.4 Å². The minimum Gasteiger partial charge on any atom is -0.306 e. The topological polar surface area (TPSA) is 54.0 Å². The Morgan fingerprint density at radius 3 is 3.06 bits per heavy atom. The number of amides is 1. The van der Waals surface area contributed by atoms with Crippen molar-refractivity contribution in [2.24, 2.45) is 5.92 Å². The Bertz CT molecular complexity index is 547. The number of nitrogens with zero attached hydrogens (tertiary/aromatic N) is 1. The number of hydrogen-bond donors (Lipinski definition) is 2. The van der Waals surface area contributed by atoms with E-state index >= 15 is 0 Å². The van der Waals surface area contributed by atoms with Crippen molar-refractivity contribution < 1.29 is 4.79 Å². The zero-order chi connectivity index (χ0) is 12.5. The Kier molecular flexibility index (Phi) is 3.01. The molecule has 94 valence electrons. The van der Waals surface area contributed by atoms with Crippen LogP contribution >= 0.6 is 11.3 Å². The number of anilines is 1. The van der Waals surface area contributed by atoms with Gasteiger partial charge >= 0.3 is 0 Å². The SMILES string of the molecule is CC1CCNC1C(=O)Nc1nc2ccccc2s1. The van der Waals surface area contributed by atoms with E-state index in [1.807, 2.05) is 24.3 Å². The largest absolute Gasteiger partial charge is 0.306 e. The fraction of sp³-hybridized carbons (Fsp3) is 0.385. The van der Waals surface area contributed by atoms with Crippen LogP contribution in [-0.2, 0) is 4.79 Å². The van der Waals surface area contributed by atoms with Gasteiger partial charge in [-0.2, -0.15) is 0 Å². The first kappa shape index (κ1) is 11.6. The van der Waals surface area contributed by atoms with Crippen molar-refractivity contribution in [2.75, 3.05) is 11.9 Å². The number of nitrogens with one attached hydrogen (secondary N) is 2. The van der Waals surface area contributed by atoms with Crippen LogP contribution in [0.15, 0.2) is 24.3 Å². The van der Waals surface area contributed by atoms with Crippen LogP contribution in [0.25, 0.3) is 10.2 Å². The second kappa shape index (κ2) is 4.66. The zero-order valence-electron chi connectivity index (χ0n) is 10.1. The Morgan fingerprint density at radius 2 is 2.33 bits per heavy atom. The normalized spacial score (nSPS) is 23.4. The lowest BCUT2D eigenvalue weighted by Crippen LogP contribution is -2.39. The van der Waals surface area contributed by atoms with Gasteiger partial charge in [0.1, 0.15) is 0 Å². The maximum Gasteiger partial charge on any atom is 0.243 e. The van der Waals surface area contributed by atoms with Crippen molar-refractivity contribution >= 4 is 32.6 Å². The van der Waals surface area contributed by atoms with Gasteiger partial charge in [-0.05, 0) is 31.0 Å². The van der Waals surface area contributed by atoms with Crippen molar-refractivity contribution in [3.8, 4) is 0 Å². The van der Waals surface area contributed by atoms with Crippen LogP contribution in [-0.4, -0.2) is 23.5 Å². The average molecular weight is 261 g/mol. The van der Waals surface area contributed by atoms with Crippen LogP contribution in [0.2, 0.25) is 0 Å². The van der Waals surface area contributed by atoms with E-state index in [2.05, 4.69) is 22.5 Å². The predicted octanol–water partition coefficient (Wildman–Crippen LogP) is 2.23. The molecule has 2 unspecified atom stereocenters. The highest BCUT2D eigenvalue weighted by Crippen LogP contribution is 2.26. The van der Waals surface area contributed by atoms with Crippen LogP contribution in [0.5, 0.6) is 0 Å². The van der Waals surface area contributed by atoms with Gasteiger partial charge in [0.2, 0.25) is 5.91 Å². The Hall–Kier alpha value is -1.46. The highest BCUT2D eigenvalue weighted by atomic mass is 32.1. The first-order valence-electron chi connectivity index (χ1n) is 6.14. The summed E-state index contributed by atoms with van der Waals surface area (Å²) in [7, 11) is 0. The predicted molar refractivity (Wildman–Crippen MR) is 73.8 cm³/mol. The fourth-order valence-electron chi connectivity index (χ4n) is 2.29. The monoisotopic (exact) mass is 261 g/mol. The first-order chi connectivity index (χ1) is 8.74. The molecule has 0 saturated carbocycles. The van der Waals surface area contributed by atoms with Crippen molar-refractivity contribution in [3.05, 3.63) is 24.3 Å². The lowest BCUT2D eigenvalue weighted by molar-refractivity contribution is -0.118. The number of fused-ring (bicyclic) bond motifs is 1. The van der Waals surface area contributed by atoms with Crippen LogP contribution < -0.4 is 10.6 Å². The lowest BCUT2D eigenvalue weighted by atomic mass is 10.0. The number of hydrogen-bond acceptors (Lipinski definition) is 4. The van der Waals surface area contributed by atoms with Gasteiger partial charge in [-0.25, -0.2) is 4.98 Å². The summed E-state index contributed by atoms with van der Waals surface area (Å²) in [5.74, 6) is 0.415. The van der Waals surface area contributed by atoms with Gasteiger partial charge < -0.3 is 10.6 Å². The van der Waals surface area contributed by atoms with Crippen LogP contribution in [0, 0.1) is 5.92 Å². The van der Waals surface area contributed by atoms with E-state index in [-0.39, 0.29) is 11.9 Å². The molecule has 2 aromatic rings. The summed E-state index contributed by atoms with van der Waals surface area (Å²) in [6.45, 7) is 3.02. The summed E-state index contributed by atoms with van der Waals surface area (Å²) >= 11 is 1.51. The van der Waals surface area contributed by atoms with Gasteiger partial charge in [-0.1, -0.05) is 30.4 Å². The van der Waals surface area contributed by atoms with Gasteiger partial charge in [0.15, 0.2) is 5.13 Å². The van der Waals surface area contributed by atoms with E-state index in [9.17, 15) is 4.79 Å². The maximum absolute atomic E-state index is 12.1. The molecule has 0 radical (unpaired) electrons. The molecule has 1 aromatic heterocycles. The molecular weight excluding hydrogens is 246 g/mol. The van der Waals surface area contributed by atoms with E-state index in [1.54, 1.807) is 0 Å². The molecule has 1 aliphatic rings. The molecule has 0 bridgehead atoms. The molecule has 0 spiro atoms. The van der Waals surface area contributed by atoms with Crippen molar-refractivity contribution in [1.82, 2.24) is 10.3 Å². The zero-order valence-corrected chi connectivity index (χ0v) is 11.0. The van der Waals surface area contributed by atoms with Gasteiger partial charge in [0.25, 0.3) is 0 Å².